The molecule has 0 aromatic heterocycles. The minimum absolute atomic E-state index is 0.0314. The maximum Gasteiger partial charge on any atom is 0.319 e. The van der Waals surface area contributed by atoms with Gasteiger partial charge in [0.05, 0.1) is 5.69 Å². The zero-order valence-corrected chi connectivity index (χ0v) is 11.8. The molecule has 1 aromatic rings. The molecule has 0 radical (unpaired) electrons. The lowest BCUT2D eigenvalue weighted by Crippen LogP contribution is -2.39. The van der Waals surface area contributed by atoms with Crippen LogP contribution in [-0.2, 0) is 0 Å². The number of nitrogen functional groups attached to an aromatic ring is 1. The molecule has 0 heterocycles. The Balaban J connectivity index is 2.04. The second kappa shape index (κ2) is 6.41. The molecule has 0 aliphatic heterocycles. The van der Waals surface area contributed by atoms with E-state index >= 15 is 0 Å². The number of hydrogen-bond acceptors (Lipinski definition) is 2. The molecule has 5 heteroatoms. The summed E-state index contributed by atoms with van der Waals surface area (Å²) in [7, 11) is 0. The molecule has 5 N–H and O–H groups in total. The lowest BCUT2D eigenvalue weighted by Gasteiger charge is -2.23. The third kappa shape index (κ3) is 3.50. The number of carbonyl (C=O) groups excluding carboxylic acids is 1. The van der Waals surface area contributed by atoms with Crippen molar-refractivity contribution in [1.29, 1.82) is 5.41 Å². The van der Waals surface area contributed by atoms with Crippen LogP contribution in [0.25, 0.3) is 0 Å². The first kappa shape index (κ1) is 14.4. The number of anilines is 1. The molecule has 0 saturated heterocycles. The van der Waals surface area contributed by atoms with Gasteiger partial charge in [-0.2, -0.15) is 0 Å². The SMILES string of the molecule is Cc1cccc(NC(=O)NC2CCCCC2)c1C(=N)N. The Labute approximate surface area is 119 Å². The highest BCUT2D eigenvalue weighted by molar-refractivity contribution is 6.05. The topological polar surface area (TPSA) is 91.0 Å². The van der Waals surface area contributed by atoms with Crippen molar-refractivity contribution in [2.45, 2.75) is 45.1 Å². The Hall–Kier alpha value is -2.04. The Morgan fingerprint density at radius 3 is 2.65 bits per heavy atom. The van der Waals surface area contributed by atoms with Gasteiger partial charge in [-0.15, -0.1) is 0 Å². The van der Waals surface area contributed by atoms with Crippen molar-refractivity contribution in [3.63, 3.8) is 0 Å². The second-order valence-electron chi connectivity index (χ2n) is 5.34. The van der Waals surface area contributed by atoms with Gasteiger partial charge in [-0.3, -0.25) is 5.41 Å². The van der Waals surface area contributed by atoms with E-state index in [0.29, 0.717) is 11.3 Å². The molecule has 0 spiro atoms. The van der Waals surface area contributed by atoms with E-state index in [1.807, 2.05) is 19.1 Å². The van der Waals surface area contributed by atoms with E-state index < -0.39 is 0 Å². The second-order valence-corrected chi connectivity index (χ2v) is 5.34. The van der Waals surface area contributed by atoms with Gasteiger partial charge in [0, 0.05) is 11.6 Å². The van der Waals surface area contributed by atoms with Gasteiger partial charge in [0.2, 0.25) is 0 Å². The van der Waals surface area contributed by atoms with Crippen LogP contribution in [0, 0.1) is 12.3 Å². The number of nitrogens with two attached hydrogens (primary N) is 1. The van der Waals surface area contributed by atoms with Crippen LogP contribution in [0.15, 0.2) is 18.2 Å². The van der Waals surface area contributed by atoms with Crippen molar-refractivity contribution in [2.24, 2.45) is 5.73 Å². The van der Waals surface area contributed by atoms with Crippen molar-refractivity contribution in [3.8, 4) is 0 Å². The first-order chi connectivity index (χ1) is 9.58. The molecule has 0 unspecified atom stereocenters. The Morgan fingerprint density at radius 2 is 2.00 bits per heavy atom. The highest BCUT2D eigenvalue weighted by atomic mass is 16.2. The Kier molecular flexibility index (Phi) is 4.61. The number of hydrogen-bond donors (Lipinski definition) is 4. The van der Waals surface area contributed by atoms with Gasteiger partial charge in [-0.25, -0.2) is 4.79 Å². The van der Waals surface area contributed by atoms with E-state index in [4.69, 9.17) is 11.1 Å². The summed E-state index contributed by atoms with van der Waals surface area (Å²) in [6.45, 7) is 1.88. The van der Waals surface area contributed by atoms with Gasteiger partial charge in [0.1, 0.15) is 5.84 Å². The van der Waals surface area contributed by atoms with E-state index in [2.05, 4.69) is 10.6 Å². The molecular weight excluding hydrogens is 252 g/mol. The van der Waals surface area contributed by atoms with Crippen LogP contribution in [0.2, 0.25) is 0 Å². The smallest absolute Gasteiger partial charge is 0.319 e. The van der Waals surface area contributed by atoms with Gasteiger partial charge >= 0.3 is 6.03 Å². The molecule has 1 saturated carbocycles. The van der Waals surface area contributed by atoms with Crippen molar-refractivity contribution in [1.82, 2.24) is 5.32 Å². The molecular formula is C15H22N4O. The molecule has 1 aliphatic carbocycles. The third-order valence-electron chi connectivity index (χ3n) is 3.73. The van der Waals surface area contributed by atoms with Crippen LogP contribution < -0.4 is 16.4 Å². The largest absolute Gasteiger partial charge is 0.384 e. The van der Waals surface area contributed by atoms with Gasteiger partial charge in [-0.1, -0.05) is 31.4 Å². The number of benzene rings is 1. The van der Waals surface area contributed by atoms with Crippen molar-refractivity contribution in [3.05, 3.63) is 29.3 Å². The molecule has 0 bridgehead atoms. The van der Waals surface area contributed by atoms with Crippen LogP contribution in [0.1, 0.15) is 43.2 Å². The fraction of sp³-hybridized carbons (Fsp3) is 0.467. The molecule has 1 fully saturated rings. The lowest BCUT2D eigenvalue weighted by molar-refractivity contribution is 0.244. The van der Waals surface area contributed by atoms with Crippen LogP contribution in [-0.4, -0.2) is 17.9 Å². The summed E-state index contributed by atoms with van der Waals surface area (Å²) in [5.74, 6) is -0.0314. The minimum Gasteiger partial charge on any atom is -0.384 e. The fourth-order valence-electron chi connectivity index (χ4n) is 2.72. The summed E-state index contributed by atoms with van der Waals surface area (Å²) in [5, 5.41) is 13.4. The summed E-state index contributed by atoms with van der Waals surface area (Å²) >= 11 is 0. The van der Waals surface area contributed by atoms with Crippen molar-refractivity contribution in [2.75, 3.05) is 5.32 Å². The fourth-order valence-corrected chi connectivity index (χ4v) is 2.72. The quantitative estimate of drug-likeness (QED) is 0.504. The average Bonchev–Trinajstić information content (AvgIpc) is 2.39. The molecule has 2 rings (SSSR count). The highest BCUT2D eigenvalue weighted by Gasteiger charge is 2.17. The third-order valence-corrected chi connectivity index (χ3v) is 3.73. The van der Waals surface area contributed by atoms with Gasteiger partial charge in [0.25, 0.3) is 0 Å². The van der Waals surface area contributed by atoms with E-state index in [1.54, 1.807) is 6.07 Å². The Morgan fingerprint density at radius 1 is 1.30 bits per heavy atom. The lowest BCUT2D eigenvalue weighted by atomic mass is 9.96. The number of amidine groups is 1. The average molecular weight is 274 g/mol. The van der Waals surface area contributed by atoms with Crippen molar-refractivity contribution < 1.29 is 4.79 Å². The molecule has 1 aromatic carbocycles. The zero-order chi connectivity index (χ0) is 14.5. The number of aryl methyl sites for hydroxylation is 1. The number of urea groups is 1. The van der Waals surface area contributed by atoms with Gasteiger partial charge in [-0.05, 0) is 31.4 Å². The molecule has 5 nitrogen and oxygen atoms in total. The van der Waals surface area contributed by atoms with Crippen LogP contribution in [0.4, 0.5) is 10.5 Å². The monoisotopic (exact) mass is 274 g/mol. The van der Waals surface area contributed by atoms with Crippen molar-refractivity contribution >= 4 is 17.6 Å². The van der Waals surface area contributed by atoms with Gasteiger partial charge in [0.15, 0.2) is 0 Å². The van der Waals surface area contributed by atoms with E-state index in [9.17, 15) is 4.79 Å². The van der Waals surface area contributed by atoms with E-state index in [0.717, 1.165) is 18.4 Å². The Bertz CT molecular complexity index is 507. The zero-order valence-electron chi connectivity index (χ0n) is 11.8. The number of rotatable bonds is 3. The summed E-state index contributed by atoms with van der Waals surface area (Å²) in [4.78, 5) is 12.0. The maximum atomic E-state index is 12.0. The normalized spacial score (nSPS) is 15.7. The molecule has 20 heavy (non-hydrogen) atoms. The molecule has 1 aliphatic rings. The first-order valence-electron chi connectivity index (χ1n) is 7.09. The highest BCUT2D eigenvalue weighted by Crippen LogP contribution is 2.20. The molecule has 0 atom stereocenters. The minimum atomic E-state index is -0.218. The van der Waals surface area contributed by atoms with Gasteiger partial charge < -0.3 is 16.4 Å². The number of nitrogens with one attached hydrogen (secondary N) is 3. The number of amides is 2. The summed E-state index contributed by atoms with van der Waals surface area (Å²) in [6, 6.07) is 5.53. The number of carbonyl (C=O) groups is 1. The standard InChI is InChI=1S/C15H22N4O/c1-10-6-5-9-12(13(10)14(16)17)19-15(20)18-11-7-3-2-4-8-11/h5-6,9,11H,2-4,7-8H2,1H3,(H3,16,17)(H2,18,19,20). The summed E-state index contributed by atoms with van der Waals surface area (Å²) in [6.07, 6.45) is 5.69. The van der Waals surface area contributed by atoms with E-state index in [1.165, 1.54) is 19.3 Å². The maximum absolute atomic E-state index is 12.0. The van der Waals surface area contributed by atoms with Crippen LogP contribution >= 0.6 is 0 Å². The molecule has 2 amide bonds. The van der Waals surface area contributed by atoms with E-state index in [-0.39, 0.29) is 17.9 Å². The summed E-state index contributed by atoms with van der Waals surface area (Å²) < 4.78 is 0. The van der Waals surface area contributed by atoms with Crippen LogP contribution in [0.5, 0.6) is 0 Å². The first-order valence-corrected chi connectivity index (χ1v) is 7.09. The summed E-state index contributed by atoms with van der Waals surface area (Å²) in [5.41, 5.74) is 7.65. The van der Waals surface area contributed by atoms with Crippen LogP contribution in [0.3, 0.4) is 0 Å². The predicted molar refractivity (Wildman–Crippen MR) is 81.2 cm³/mol. The molecule has 108 valence electrons. The predicted octanol–water partition coefficient (Wildman–Crippen LogP) is 2.73.